The zero-order chi connectivity index (χ0) is 18.6. The fourth-order valence-corrected chi connectivity index (χ4v) is 3.41. The number of nitrogens with one attached hydrogen (secondary N) is 2. The number of anilines is 2. The first-order valence-electron chi connectivity index (χ1n) is 6.74. The van der Waals surface area contributed by atoms with Crippen LogP contribution in [0.3, 0.4) is 0 Å². The van der Waals surface area contributed by atoms with E-state index in [2.05, 4.69) is 15.5 Å². The Bertz CT molecular complexity index is 802. The first-order chi connectivity index (χ1) is 11.8. The lowest BCUT2D eigenvalue weighted by molar-refractivity contribution is -0.123. The molecule has 1 atom stereocenters. The van der Waals surface area contributed by atoms with Crippen LogP contribution in [0.5, 0.6) is 0 Å². The maximum Gasteiger partial charge on any atom is 0.243 e. The van der Waals surface area contributed by atoms with Crippen molar-refractivity contribution in [1.29, 1.82) is 0 Å². The molecule has 1 aromatic heterocycles. The molecule has 4 N–H and O–H groups in total. The van der Waals surface area contributed by atoms with E-state index in [0.717, 1.165) is 29.2 Å². The van der Waals surface area contributed by atoms with E-state index in [1.54, 1.807) is 6.92 Å². The minimum atomic E-state index is -1.69. The van der Waals surface area contributed by atoms with Crippen LogP contribution >= 0.6 is 23.1 Å². The number of hydrogen-bond donors (Lipinski definition) is 3. The summed E-state index contributed by atoms with van der Waals surface area (Å²) in [6.45, 7) is 1.12. The van der Waals surface area contributed by atoms with E-state index >= 15 is 0 Å². The van der Waals surface area contributed by atoms with Crippen molar-refractivity contribution in [2.45, 2.75) is 16.5 Å². The molecule has 2 amide bonds. The average molecular weight is 391 g/mol. The number of aromatic nitrogens is 2. The summed E-state index contributed by atoms with van der Waals surface area (Å²) in [6.07, 6.45) is 0. The molecule has 0 aliphatic heterocycles. The molecule has 0 spiro atoms. The average Bonchev–Trinajstić information content (AvgIpc) is 2.98. The molecule has 0 fully saturated rings. The van der Waals surface area contributed by atoms with Gasteiger partial charge in [-0.1, -0.05) is 23.1 Å². The number of nitrogen functional groups attached to an aromatic ring is 1. The fourth-order valence-electron chi connectivity index (χ4n) is 1.60. The molecule has 1 heterocycles. The highest BCUT2D eigenvalue weighted by atomic mass is 32.2. The fraction of sp³-hybridized carbons (Fsp3) is 0.231. The molecule has 1 unspecified atom stereocenters. The molecule has 2 aromatic rings. The molecule has 2 rings (SSSR count). The van der Waals surface area contributed by atoms with Gasteiger partial charge in [-0.05, 0) is 19.1 Å². The van der Waals surface area contributed by atoms with Gasteiger partial charge >= 0.3 is 0 Å². The summed E-state index contributed by atoms with van der Waals surface area (Å²) >= 11 is 2.22. The Labute approximate surface area is 148 Å². The van der Waals surface area contributed by atoms with Crippen LogP contribution in [0.1, 0.15) is 6.92 Å². The Balaban J connectivity index is 1.85. The van der Waals surface area contributed by atoms with Crippen LogP contribution in [-0.2, 0) is 9.59 Å². The zero-order valence-corrected chi connectivity index (χ0v) is 14.3. The van der Waals surface area contributed by atoms with Crippen LogP contribution in [0.4, 0.5) is 24.0 Å². The van der Waals surface area contributed by atoms with E-state index in [9.17, 15) is 22.8 Å². The standard InChI is InChI=1S/C13H12F3N5O2S2/c1-5(24-13-21-20-12(17)25-13)11(23)18-4-8(22)19-7-3-2-6(14)9(15)10(7)16/h2-3,5H,4H2,1H3,(H2,17,20)(H,18,23)(H,19,22). The van der Waals surface area contributed by atoms with Gasteiger partial charge in [-0.3, -0.25) is 9.59 Å². The predicted octanol–water partition coefficient (Wildman–Crippen LogP) is 1.77. The van der Waals surface area contributed by atoms with Crippen LogP contribution in [0.2, 0.25) is 0 Å². The Morgan fingerprint density at radius 1 is 1.28 bits per heavy atom. The Hall–Kier alpha value is -2.34. The lowest BCUT2D eigenvalue weighted by Crippen LogP contribution is -2.37. The van der Waals surface area contributed by atoms with Crippen LogP contribution in [0.25, 0.3) is 0 Å². The summed E-state index contributed by atoms with van der Waals surface area (Å²) in [4.78, 5) is 23.6. The largest absolute Gasteiger partial charge is 0.374 e. The maximum absolute atomic E-state index is 13.5. The summed E-state index contributed by atoms with van der Waals surface area (Å²) in [6, 6.07) is 1.56. The van der Waals surface area contributed by atoms with E-state index < -0.39 is 46.7 Å². The highest BCUT2D eigenvalue weighted by Crippen LogP contribution is 2.27. The topological polar surface area (TPSA) is 110 Å². The lowest BCUT2D eigenvalue weighted by atomic mass is 10.2. The second kappa shape index (κ2) is 8.16. The lowest BCUT2D eigenvalue weighted by Gasteiger charge is -2.11. The molecule has 7 nitrogen and oxygen atoms in total. The highest BCUT2D eigenvalue weighted by Gasteiger charge is 2.19. The molecule has 0 radical (unpaired) electrons. The monoisotopic (exact) mass is 391 g/mol. The summed E-state index contributed by atoms with van der Waals surface area (Å²) < 4.78 is 39.8. The van der Waals surface area contributed by atoms with Gasteiger partial charge in [0.1, 0.15) is 0 Å². The Morgan fingerprint density at radius 2 is 2.00 bits per heavy atom. The minimum Gasteiger partial charge on any atom is -0.374 e. The molecule has 0 aliphatic rings. The third-order valence-corrected chi connectivity index (χ3v) is 4.74. The van der Waals surface area contributed by atoms with E-state index in [-0.39, 0.29) is 5.13 Å². The molecule has 0 saturated heterocycles. The third kappa shape index (κ3) is 5.06. The van der Waals surface area contributed by atoms with E-state index in [1.165, 1.54) is 0 Å². The SMILES string of the molecule is CC(Sc1nnc(N)s1)C(=O)NCC(=O)Nc1ccc(F)c(F)c1F. The highest BCUT2D eigenvalue weighted by molar-refractivity contribution is 8.02. The second-order valence-electron chi connectivity index (χ2n) is 4.66. The maximum atomic E-state index is 13.5. The number of carbonyl (C=O) groups excluding carboxylic acids is 2. The third-order valence-electron chi connectivity index (χ3n) is 2.80. The number of amides is 2. The Morgan fingerprint density at radius 3 is 2.64 bits per heavy atom. The van der Waals surface area contributed by atoms with Gasteiger partial charge in [0, 0.05) is 0 Å². The predicted molar refractivity (Wildman–Crippen MR) is 87.6 cm³/mol. The number of halogens is 3. The number of hydrogen-bond acceptors (Lipinski definition) is 7. The molecule has 134 valence electrons. The van der Waals surface area contributed by atoms with Crippen LogP contribution in [0.15, 0.2) is 16.5 Å². The van der Waals surface area contributed by atoms with Gasteiger partial charge in [-0.2, -0.15) is 0 Å². The number of thioether (sulfide) groups is 1. The van der Waals surface area contributed by atoms with Crippen LogP contribution in [0, 0.1) is 17.5 Å². The van der Waals surface area contributed by atoms with Gasteiger partial charge in [-0.15, -0.1) is 10.2 Å². The quantitative estimate of drug-likeness (QED) is 0.511. The van der Waals surface area contributed by atoms with Crippen LogP contribution < -0.4 is 16.4 Å². The molecule has 25 heavy (non-hydrogen) atoms. The molecule has 1 aromatic carbocycles. The summed E-state index contributed by atoms with van der Waals surface area (Å²) in [7, 11) is 0. The smallest absolute Gasteiger partial charge is 0.243 e. The van der Waals surface area contributed by atoms with Gasteiger partial charge in [0.2, 0.25) is 16.9 Å². The number of nitrogens with two attached hydrogens (primary N) is 1. The van der Waals surface area contributed by atoms with Crippen molar-refractivity contribution in [2.75, 3.05) is 17.6 Å². The first kappa shape index (κ1) is 19.0. The Kier molecular flexibility index (Phi) is 6.20. The van der Waals surface area contributed by atoms with Gasteiger partial charge < -0.3 is 16.4 Å². The van der Waals surface area contributed by atoms with Crippen LogP contribution in [-0.4, -0.2) is 33.8 Å². The van der Waals surface area contributed by atoms with Crippen molar-refractivity contribution < 1.29 is 22.8 Å². The van der Waals surface area contributed by atoms with Gasteiger partial charge in [-0.25, -0.2) is 13.2 Å². The molecule has 12 heteroatoms. The van der Waals surface area contributed by atoms with Crippen molar-refractivity contribution in [1.82, 2.24) is 15.5 Å². The molecule has 0 bridgehead atoms. The summed E-state index contributed by atoms with van der Waals surface area (Å²) in [5.74, 6) is -5.84. The number of carbonyl (C=O) groups is 2. The van der Waals surface area contributed by atoms with Gasteiger partial charge in [0.15, 0.2) is 21.8 Å². The molecular weight excluding hydrogens is 379 g/mol. The minimum absolute atomic E-state index is 0.267. The van der Waals surface area contributed by atoms with E-state index in [0.29, 0.717) is 10.4 Å². The number of nitrogens with zero attached hydrogens (tertiary/aromatic N) is 2. The van der Waals surface area contributed by atoms with E-state index in [4.69, 9.17) is 5.73 Å². The zero-order valence-electron chi connectivity index (χ0n) is 12.7. The second-order valence-corrected chi connectivity index (χ2v) is 7.25. The number of rotatable bonds is 6. The first-order valence-corrected chi connectivity index (χ1v) is 8.44. The summed E-state index contributed by atoms with van der Waals surface area (Å²) in [5, 5.41) is 11.4. The molecular formula is C13H12F3N5O2S2. The van der Waals surface area contributed by atoms with Gasteiger partial charge in [0.05, 0.1) is 17.5 Å². The molecule has 0 aliphatic carbocycles. The van der Waals surface area contributed by atoms with Crippen molar-refractivity contribution in [3.8, 4) is 0 Å². The van der Waals surface area contributed by atoms with E-state index in [1.807, 2.05) is 5.32 Å². The number of benzene rings is 1. The van der Waals surface area contributed by atoms with Gasteiger partial charge in [0.25, 0.3) is 0 Å². The van der Waals surface area contributed by atoms with Crippen molar-refractivity contribution in [2.24, 2.45) is 0 Å². The van der Waals surface area contributed by atoms with Crippen molar-refractivity contribution in [3.63, 3.8) is 0 Å². The van der Waals surface area contributed by atoms with Crippen molar-refractivity contribution >= 4 is 45.7 Å². The summed E-state index contributed by atoms with van der Waals surface area (Å²) in [5.41, 5.74) is 4.91. The normalized spacial score (nSPS) is 11.8. The molecule has 0 saturated carbocycles. The van der Waals surface area contributed by atoms with Crippen molar-refractivity contribution in [3.05, 3.63) is 29.6 Å².